The van der Waals surface area contributed by atoms with Crippen LogP contribution in [0, 0.1) is 5.82 Å². The third-order valence-corrected chi connectivity index (χ3v) is 3.99. The second kappa shape index (κ2) is 4.48. The van der Waals surface area contributed by atoms with Gasteiger partial charge in [-0.05, 0) is 30.7 Å². The van der Waals surface area contributed by atoms with Gasteiger partial charge in [-0.25, -0.2) is 9.07 Å². The zero-order chi connectivity index (χ0) is 14.4. The lowest BCUT2D eigenvalue weighted by molar-refractivity contribution is 0.462. The molecule has 1 unspecified atom stereocenters. The molecule has 21 heavy (non-hydrogen) atoms. The van der Waals surface area contributed by atoms with Gasteiger partial charge in [0.15, 0.2) is 0 Å². The van der Waals surface area contributed by atoms with Crippen molar-refractivity contribution in [3.63, 3.8) is 0 Å². The van der Waals surface area contributed by atoms with E-state index in [0.29, 0.717) is 11.3 Å². The van der Waals surface area contributed by atoms with Gasteiger partial charge in [-0.2, -0.15) is 5.10 Å². The summed E-state index contributed by atoms with van der Waals surface area (Å²) in [5.74, 6) is 0.749. The number of nitrogens with two attached hydrogens (primary N) is 1. The lowest BCUT2D eigenvalue weighted by atomic mass is 10.0. The van der Waals surface area contributed by atoms with Crippen LogP contribution in [0.2, 0.25) is 0 Å². The fraction of sp³-hybridized carbons (Fsp3) is 0.188. The van der Waals surface area contributed by atoms with Crippen molar-refractivity contribution in [3.8, 4) is 0 Å². The van der Waals surface area contributed by atoms with Crippen LogP contribution in [-0.4, -0.2) is 16.3 Å². The molecule has 3 aromatic rings. The summed E-state index contributed by atoms with van der Waals surface area (Å²) in [5, 5.41) is 9.00. The van der Waals surface area contributed by atoms with E-state index in [1.54, 1.807) is 6.07 Å². The Hall–Kier alpha value is -2.56. The quantitative estimate of drug-likeness (QED) is 0.674. The smallest absolute Gasteiger partial charge is 0.132 e. The number of rotatable bonds is 1. The molecule has 0 saturated heterocycles. The molecule has 0 aliphatic carbocycles. The number of fused-ring (bicyclic) bond motifs is 3. The van der Waals surface area contributed by atoms with Crippen LogP contribution in [0.15, 0.2) is 42.5 Å². The van der Waals surface area contributed by atoms with Crippen molar-refractivity contribution in [2.45, 2.75) is 12.5 Å². The largest absolute Gasteiger partial charge is 0.399 e. The Kier molecular flexibility index (Phi) is 2.60. The first kappa shape index (κ1) is 12.2. The predicted octanol–water partition coefficient (Wildman–Crippen LogP) is 3.16. The summed E-state index contributed by atoms with van der Waals surface area (Å²) in [7, 11) is 0. The number of aromatic nitrogens is 2. The molecule has 106 valence electrons. The third kappa shape index (κ3) is 1.85. The summed E-state index contributed by atoms with van der Waals surface area (Å²) in [4.78, 5) is 0. The molecule has 0 spiro atoms. The van der Waals surface area contributed by atoms with Gasteiger partial charge < -0.3 is 11.1 Å². The van der Waals surface area contributed by atoms with Crippen LogP contribution < -0.4 is 11.1 Å². The van der Waals surface area contributed by atoms with Gasteiger partial charge in [-0.15, -0.1) is 0 Å². The topological polar surface area (TPSA) is 55.9 Å². The Balaban J connectivity index is 1.92. The molecule has 2 heterocycles. The van der Waals surface area contributed by atoms with Crippen LogP contribution in [-0.2, 0) is 0 Å². The minimum absolute atomic E-state index is 0.0870. The van der Waals surface area contributed by atoms with Crippen LogP contribution in [0.3, 0.4) is 0 Å². The molecule has 1 aliphatic rings. The van der Waals surface area contributed by atoms with E-state index in [1.165, 1.54) is 6.07 Å². The molecule has 1 atom stereocenters. The standard InChI is InChI=1S/C16H15FN4/c17-13-4-2-1-3-11(13)15-7-8-19-16-12-6-5-10(18)9-14(12)20-21(15)16/h1-6,9,15,19H,7-8,18H2. The normalized spacial score (nSPS) is 17.5. The first-order chi connectivity index (χ1) is 10.2. The fourth-order valence-electron chi connectivity index (χ4n) is 3.01. The van der Waals surface area contributed by atoms with Crippen LogP contribution in [0.5, 0.6) is 0 Å². The summed E-state index contributed by atoms with van der Waals surface area (Å²) >= 11 is 0. The number of hydrogen-bond donors (Lipinski definition) is 2. The lowest BCUT2D eigenvalue weighted by Crippen LogP contribution is -2.25. The Labute approximate surface area is 121 Å². The summed E-state index contributed by atoms with van der Waals surface area (Å²) in [6.07, 6.45) is 0.803. The van der Waals surface area contributed by atoms with E-state index in [4.69, 9.17) is 5.73 Å². The second-order valence-electron chi connectivity index (χ2n) is 5.32. The monoisotopic (exact) mass is 282 g/mol. The van der Waals surface area contributed by atoms with Crippen LogP contribution in [0.4, 0.5) is 15.9 Å². The Morgan fingerprint density at radius 3 is 2.95 bits per heavy atom. The number of benzene rings is 2. The average molecular weight is 282 g/mol. The van der Waals surface area contributed by atoms with E-state index >= 15 is 0 Å². The molecule has 3 N–H and O–H groups in total. The van der Waals surface area contributed by atoms with E-state index in [-0.39, 0.29) is 11.9 Å². The highest BCUT2D eigenvalue weighted by atomic mass is 19.1. The van der Waals surface area contributed by atoms with Gasteiger partial charge in [-0.3, -0.25) is 0 Å². The molecular formula is C16H15FN4. The van der Waals surface area contributed by atoms with Crippen LogP contribution >= 0.6 is 0 Å². The number of nitrogen functional groups attached to an aromatic ring is 1. The molecule has 4 rings (SSSR count). The molecule has 1 aliphatic heterocycles. The second-order valence-corrected chi connectivity index (χ2v) is 5.32. The molecular weight excluding hydrogens is 267 g/mol. The van der Waals surface area contributed by atoms with E-state index in [2.05, 4.69) is 10.4 Å². The minimum Gasteiger partial charge on any atom is -0.399 e. The molecule has 0 radical (unpaired) electrons. The fourth-order valence-corrected chi connectivity index (χ4v) is 3.01. The average Bonchev–Trinajstić information content (AvgIpc) is 2.85. The summed E-state index contributed by atoms with van der Waals surface area (Å²) in [6, 6.07) is 12.5. The zero-order valence-corrected chi connectivity index (χ0v) is 11.4. The Morgan fingerprint density at radius 1 is 1.24 bits per heavy atom. The van der Waals surface area contributed by atoms with E-state index in [9.17, 15) is 4.39 Å². The van der Waals surface area contributed by atoms with Crippen molar-refractivity contribution in [1.82, 2.24) is 9.78 Å². The van der Waals surface area contributed by atoms with Crippen molar-refractivity contribution in [2.75, 3.05) is 17.6 Å². The van der Waals surface area contributed by atoms with Crippen molar-refractivity contribution in [2.24, 2.45) is 0 Å². The number of nitrogens with one attached hydrogen (secondary N) is 1. The first-order valence-electron chi connectivity index (χ1n) is 7.00. The number of nitrogens with zero attached hydrogens (tertiary/aromatic N) is 2. The predicted molar refractivity (Wildman–Crippen MR) is 81.8 cm³/mol. The maximum Gasteiger partial charge on any atom is 0.132 e. The van der Waals surface area contributed by atoms with Gasteiger partial charge in [0.25, 0.3) is 0 Å². The van der Waals surface area contributed by atoms with Crippen molar-refractivity contribution in [1.29, 1.82) is 0 Å². The highest BCUT2D eigenvalue weighted by Crippen LogP contribution is 2.35. The Morgan fingerprint density at radius 2 is 2.10 bits per heavy atom. The van der Waals surface area contributed by atoms with Crippen molar-refractivity contribution >= 4 is 22.4 Å². The van der Waals surface area contributed by atoms with Gasteiger partial charge in [0.2, 0.25) is 0 Å². The van der Waals surface area contributed by atoms with Gasteiger partial charge in [0.05, 0.1) is 11.6 Å². The maximum absolute atomic E-state index is 14.1. The SMILES string of the molecule is Nc1ccc2c3n(nc2c1)C(c1ccccc1F)CCN3. The van der Waals surface area contributed by atoms with Crippen molar-refractivity contribution < 1.29 is 4.39 Å². The van der Waals surface area contributed by atoms with E-state index in [1.807, 2.05) is 35.0 Å². The highest BCUT2D eigenvalue weighted by molar-refractivity contribution is 5.92. The highest BCUT2D eigenvalue weighted by Gasteiger charge is 2.26. The lowest BCUT2D eigenvalue weighted by Gasteiger charge is -2.26. The minimum atomic E-state index is -0.186. The molecule has 1 aromatic heterocycles. The van der Waals surface area contributed by atoms with Gasteiger partial charge >= 0.3 is 0 Å². The molecule has 5 heteroatoms. The third-order valence-electron chi connectivity index (χ3n) is 3.99. The summed E-state index contributed by atoms with van der Waals surface area (Å²) < 4.78 is 16.0. The van der Waals surface area contributed by atoms with Gasteiger partial charge in [0, 0.05) is 23.2 Å². The van der Waals surface area contributed by atoms with Gasteiger partial charge in [-0.1, -0.05) is 18.2 Å². The van der Waals surface area contributed by atoms with Crippen LogP contribution in [0.1, 0.15) is 18.0 Å². The zero-order valence-electron chi connectivity index (χ0n) is 11.4. The molecule has 0 saturated carbocycles. The van der Waals surface area contributed by atoms with Crippen molar-refractivity contribution in [3.05, 3.63) is 53.8 Å². The van der Waals surface area contributed by atoms with Gasteiger partial charge in [0.1, 0.15) is 11.6 Å². The number of halogens is 1. The molecule has 2 aromatic carbocycles. The molecule has 0 amide bonds. The van der Waals surface area contributed by atoms with E-state index in [0.717, 1.165) is 29.7 Å². The van der Waals surface area contributed by atoms with E-state index < -0.39 is 0 Å². The number of anilines is 2. The maximum atomic E-state index is 14.1. The molecule has 0 fully saturated rings. The molecule has 4 nitrogen and oxygen atoms in total. The summed E-state index contributed by atoms with van der Waals surface area (Å²) in [5.41, 5.74) is 8.02. The first-order valence-corrected chi connectivity index (χ1v) is 7.00. The molecule has 0 bridgehead atoms. The summed E-state index contributed by atoms with van der Waals surface area (Å²) in [6.45, 7) is 0.796. The number of hydrogen-bond acceptors (Lipinski definition) is 3. The van der Waals surface area contributed by atoms with Crippen LogP contribution in [0.25, 0.3) is 10.9 Å². The Bertz CT molecular complexity index is 824.